The van der Waals surface area contributed by atoms with Crippen LogP contribution in [0.5, 0.6) is 0 Å². The topological polar surface area (TPSA) is 89.4 Å². The van der Waals surface area contributed by atoms with Gasteiger partial charge in [0.1, 0.15) is 5.69 Å². The third-order valence-electron chi connectivity index (χ3n) is 5.12. The number of hydrogen-bond acceptors (Lipinski definition) is 6. The van der Waals surface area contributed by atoms with Gasteiger partial charge < -0.3 is 10.1 Å². The molecule has 2 bridgehead atoms. The molecule has 1 N–H and O–H groups in total. The molecule has 3 aliphatic rings. The van der Waals surface area contributed by atoms with Crippen LogP contribution in [-0.4, -0.2) is 71.0 Å². The van der Waals surface area contributed by atoms with Crippen molar-refractivity contribution in [2.24, 2.45) is 11.8 Å². The summed E-state index contributed by atoms with van der Waals surface area (Å²) >= 11 is 0. The van der Waals surface area contributed by atoms with Crippen molar-refractivity contribution in [3.05, 3.63) is 11.9 Å². The number of Topliss-reactive ketones (excluding diaryl/α,β-unsaturated/α-hetero) is 1. The second kappa shape index (κ2) is 7.40. The average Bonchev–Trinajstić information content (AvgIpc) is 3.04. The third kappa shape index (κ3) is 3.64. The smallest absolute Gasteiger partial charge is 0.224 e. The number of amides is 1. The Bertz CT molecular complexity index is 602. The second-order valence-corrected chi connectivity index (χ2v) is 6.71. The van der Waals surface area contributed by atoms with Crippen molar-refractivity contribution in [1.29, 1.82) is 0 Å². The summed E-state index contributed by atoms with van der Waals surface area (Å²) in [4.78, 5) is 26.0. The average molecular weight is 335 g/mol. The molecule has 3 fully saturated rings. The van der Waals surface area contributed by atoms with Crippen LogP contribution >= 0.6 is 0 Å². The fourth-order valence-corrected chi connectivity index (χ4v) is 3.80. The molecule has 132 valence electrons. The molecule has 3 saturated heterocycles. The number of carbonyl (C=O) groups excluding carboxylic acids is 2. The van der Waals surface area contributed by atoms with Gasteiger partial charge in [-0.2, -0.15) is 0 Å². The number of nitrogens with zero attached hydrogens (tertiary/aromatic N) is 4. The minimum atomic E-state index is -0.0699. The summed E-state index contributed by atoms with van der Waals surface area (Å²) in [6.07, 6.45) is 3.76. The van der Waals surface area contributed by atoms with Gasteiger partial charge in [-0.1, -0.05) is 5.21 Å². The summed E-state index contributed by atoms with van der Waals surface area (Å²) in [6, 6.07) is 0.355. The minimum Gasteiger partial charge on any atom is -0.383 e. The Morgan fingerprint density at radius 1 is 1.46 bits per heavy atom. The van der Waals surface area contributed by atoms with Gasteiger partial charge in [0.2, 0.25) is 5.91 Å². The van der Waals surface area contributed by atoms with Crippen LogP contribution in [0.2, 0.25) is 0 Å². The second-order valence-electron chi connectivity index (χ2n) is 6.71. The highest BCUT2D eigenvalue weighted by molar-refractivity contribution is 5.91. The predicted molar refractivity (Wildman–Crippen MR) is 86.5 cm³/mol. The highest BCUT2D eigenvalue weighted by Crippen LogP contribution is 2.36. The Kier molecular flexibility index (Phi) is 5.25. The summed E-state index contributed by atoms with van der Waals surface area (Å²) in [5, 5.41) is 10.9. The van der Waals surface area contributed by atoms with Gasteiger partial charge in [0.25, 0.3) is 0 Å². The molecule has 3 aliphatic heterocycles. The lowest BCUT2D eigenvalue weighted by Gasteiger charge is -2.49. The van der Waals surface area contributed by atoms with Crippen LogP contribution in [0.15, 0.2) is 6.20 Å². The zero-order valence-corrected chi connectivity index (χ0v) is 14.3. The summed E-state index contributed by atoms with van der Waals surface area (Å²) in [5.74, 6) is 0.549. The Balaban J connectivity index is 1.56. The predicted octanol–water partition coefficient (Wildman–Crippen LogP) is -0.0463. The molecule has 4 unspecified atom stereocenters. The first kappa shape index (κ1) is 17.0. The molecule has 24 heavy (non-hydrogen) atoms. The van der Waals surface area contributed by atoms with Crippen LogP contribution in [0.4, 0.5) is 0 Å². The number of hydrogen-bond donors (Lipinski definition) is 1. The van der Waals surface area contributed by atoms with Crippen molar-refractivity contribution in [3.8, 4) is 0 Å². The van der Waals surface area contributed by atoms with E-state index in [9.17, 15) is 9.59 Å². The summed E-state index contributed by atoms with van der Waals surface area (Å²) in [6.45, 7) is 5.13. The largest absolute Gasteiger partial charge is 0.383 e. The zero-order valence-electron chi connectivity index (χ0n) is 14.3. The van der Waals surface area contributed by atoms with Crippen molar-refractivity contribution in [1.82, 2.24) is 25.2 Å². The molecule has 4 atom stereocenters. The van der Waals surface area contributed by atoms with Gasteiger partial charge >= 0.3 is 0 Å². The highest BCUT2D eigenvalue weighted by atomic mass is 16.5. The van der Waals surface area contributed by atoms with Gasteiger partial charge in [0, 0.05) is 33.2 Å². The first-order valence-corrected chi connectivity index (χ1v) is 8.50. The van der Waals surface area contributed by atoms with Crippen molar-refractivity contribution >= 4 is 11.7 Å². The minimum absolute atomic E-state index is 0.0652. The molecular formula is C16H25N5O3. The van der Waals surface area contributed by atoms with E-state index in [1.807, 2.05) is 0 Å². The van der Waals surface area contributed by atoms with Crippen molar-refractivity contribution in [2.75, 3.05) is 33.4 Å². The van der Waals surface area contributed by atoms with Crippen LogP contribution in [0.1, 0.15) is 30.3 Å². The molecule has 4 heterocycles. The molecule has 0 radical (unpaired) electrons. The molecular weight excluding hydrogens is 310 g/mol. The Morgan fingerprint density at radius 3 is 2.92 bits per heavy atom. The Morgan fingerprint density at radius 2 is 2.29 bits per heavy atom. The number of piperidine rings is 3. The molecule has 0 spiro atoms. The SMILES string of the molecule is COCCNC(=O)C1CN2CCC1CC2Cn1cc(C(C)=O)nn1. The first-order chi connectivity index (χ1) is 11.6. The molecule has 1 aromatic heterocycles. The van der Waals surface area contributed by atoms with E-state index in [-0.39, 0.29) is 17.6 Å². The molecule has 0 saturated carbocycles. The van der Waals surface area contributed by atoms with E-state index in [2.05, 4.69) is 20.5 Å². The molecule has 4 rings (SSSR count). The Labute approximate surface area is 141 Å². The molecule has 0 aliphatic carbocycles. The van der Waals surface area contributed by atoms with E-state index in [1.54, 1.807) is 18.0 Å². The van der Waals surface area contributed by atoms with Gasteiger partial charge in [-0.25, -0.2) is 0 Å². The van der Waals surface area contributed by atoms with Crippen LogP contribution in [-0.2, 0) is 16.1 Å². The number of rotatable bonds is 7. The van der Waals surface area contributed by atoms with Gasteiger partial charge in [-0.15, -0.1) is 5.10 Å². The van der Waals surface area contributed by atoms with Gasteiger partial charge in [0.15, 0.2) is 5.78 Å². The first-order valence-electron chi connectivity index (χ1n) is 8.50. The molecule has 1 amide bonds. The van der Waals surface area contributed by atoms with Gasteiger partial charge in [0.05, 0.1) is 25.3 Å². The fourth-order valence-electron chi connectivity index (χ4n) is 3.80. The molecule has 0 aromatic carbocycles. The van der Waals surface area contributed by atoms with Crippen LogP contribution in [0, 0.1) is 11.8 Å². The van der Waals surface area contributed by atoms with E-state index in [0.717, 1.165) is 32.5 Å². The van der Waals surface area contributed by atoms with E-state index in [0.29, 0.717) is 30.8 Å². The maximum absolute atomic E-state index is 12.3. The van der Waals surface area contributed by atoms with E-state index in [1.165, 1.54) is 6.92 Å². The van der Waals surface area contributed by atoms with Gasteiger partial charge in [-0.3, -0.25) is 19.2 Å². The fraction of sp³-hybridized carbons (Fsp3) is 0.750. The number of fused-ring (bicyclic) bond motifs is 3. The third-order valence-corrected chi connectivity index (χ3v) is 5.12. The molecule has 1 aromatic rings. The van der Waals surface area contributed by atoms with Crippen molar-refractivity contribution in [2.45, 2.75) is 32.4 Å². The molecule has 8 heteroatoms. The van der Waals surface area contributed by atoms with E-state index < -0.39 is 0 Å². The van der Waals surface area contributed by atoms with E-state index in [4.69, 9.17) is 4.74 Å². The Hall–Kier alpha value is -1.80. The zero-order chi connectivity index (χ0) is 17.1. The van der Waals surface area contributed by atoms with Crippen LogP contribution in [0.25, 0.3) is 0 Å². The number of ether oxygens (including phenoxy) is 1. The highest BCUT2D eigenvalue weighted by Gasteiger charge is 2.43. The quantitative estimate of drug-likeness (QED) is 0.555. The summed E-state index contributed by atoms with van der Waals surface area (Å²) in [7, 11) is 1.63. The lowest BCUT2D eigenvalue weighted by atomic mass is 9.75. The molecule has 8 nitrogen and oxygen atoms in total. The maximum Gasteiger partial charge on any atom is 0.224 e. The van der Waals surface area contributed by atoms with Crippen LogP contribution in [0.3, 0.4) is 0 Å². The summed E-state index contributed by atoms with van der Waals surface area (Å²) < 4.78 is 6.72. The lowest BCUT2D eigenvalue weighted by molar-refractivity contribution is -0.133. The normalized spacial score (nSPS) is 28.8. The number of carbonyl (C=O) groups is 2. The number of aromatic nitrogens is 3. The standard InChI is InChI=1S/C16H25N5O3/c1-11(22)15-10-21(19-18-15)8-13-7-12-3-5-20(13)9-14(12)16(23)17-4-6-24-2/h10,12-14H,3-9H2,1-2H3,(H,17,23). The number of nitrogens with one attached hydrogen (secondary N) is 1. The monoisotopic (exact) mass is 335 g/mol. The van der Waals surface area contributed by atoms with Crippen molar-refractivity contribution < 1.29 is 14.3 Å². The van der Waals surface area contributed by atoms with Gasteiger partial charge in [-0.05, 0) is 25.3 Å². The maximum atomic E-state index is 12.3. The van der Waals surface area contributed by atoms with Crippen molar-refractivity contribution in [3.63, 3.8) is 0 Å². The number of methoxy groups -OCH3 is 1. The lowest BCUT2D eigenvalue weighted by Crippen LogP contribution is -2.58. The summed E-state index contributed by atoms with van der Waals surface area (Å²) in [5.41, 5.74) is 0.404. The van der Waals surface area contributed by atoms with Crippen LogP contribution < -0.4 is 5.32 Å². The van der Waals surface area contributed by atoms with E-state index >= 15 is 0 Å². The number of ketones is 1.